The first-order valence-corrected chi connectivity index (χ1v) is 10.6. The van der Waals surface area contributed by atoms with Gasteiger partial charge in [-0.1, -0.05) is 39.3 Å². The number of nitrogens with one attached hydrogen (secondary N) is 1. The quantitative estimate of drug-likeness (QED) is 0.460. The van der Waals surface area contributed by atoms with Gasteiger partial charge in [0.05, 0.1) is 18.6 Å². The number of thioether (sulfide) groups is 1. The lowest BCUT2D eigenvalue weighted by molar-refractivity contribution is -0.113. The largest absolute Gasteiger partial charge is 0.495 e. The molecule has 0 saturated carbocycles. The van der Waals surface area contributed by atoms with Crippen LogP contribution in [0.5, 0.6) is 11.5 Å². The molecule has 3 aromatic rings. The Bertz CT molecular complexity index is 998. The van der Waals surface area contributed by atoms with E-state index in [9.17, 15) is 4.79 Å². The standard InChI is InChI=1S/C19H18BrClN4O3S/c1-25-17(10-28-14-6-3-12(20)4-7-14)23-24-19(25)29-11-18(26)22-15-9-13(21)5-8-16(15)27-2/h3-9H,10-11H2,1-2H3,(H,22,26). The molecule has 7 nitrogen and oxygen atoms in total. The van der Waals surface area contributed by atoms with Crippen LogP contribution in [0.15, 0.2) is 52.1 Å². The van der Waals surface area contributed by atoms with E-state index >= 15 is 0 Å². The van der Waals surface area contributed by atoms with Crippen molar-refractivity contribution in [3.63, 3.8) is 0 Å². The number of anilines is 1. The molecule has 0 aliphatic carbocycles. The fourth-order valence-corrected chi connectivity index (χ4v) is 3.54. The van der Waals surface area contributed by atoms with Crippen LogP contribution in [0, 0.1) is 0 Å². The highest BCUT2D eigenvalue weighted by Gasteiger charge is 2.13. The molecule has 29 heavy (non-hydrogen) atoms. The molecule has 0 spiro atoms. The predicted octanol–water partition coefficient (Wildman–Crippen LogP) is 4.55. The van der Waals surface area contributed by atoms with Crippen LogP contribution in [0.1, 0.15) is 5.82 Å². The van der Waals surface area contributed by atoms with Crippen LogP contribution in [-0.4, -0.2) is 33.5 Å². The van der Waals surface area contributed by atoms with E-state index in [1.807, 2.05) is 31.3 Å². The number of rotatable bonds is 8. The van der Waals surface area contributed by atoms with Crippen LogP contribution in [0.2, 0.25) is 5.02 Å². The summed E-state index contributed by atoms with van der Waals surface area (Å²) in [5.74, 6) is 1.90. The van der Waals surface area contributed by atoms with E-state index in [0.717, 1.165) is 10.2 Å². The molecule has 0 saturated heterocycles. The van der Waals surface area contributed by atoms with E-state index in [1.54, 1.807) is 22.8 Å². The lowest BCUT2D eigenvalue weighted by Crippen LogP contribution is -2.15. The number of halogens is 2. The third-order valence-corrected chi connectivity index (χ3v) is 5.66. The zero-order valence-electron chi connectivity index (χ0n) is 15.7. The number of ether oxygens (including phenoxy) is 2. The van der Waals surface area contributed by atoms with Gasteiger partial charge in [0.2, 0.25) is 5.91 Å². The molecular formula is C19H18BrClN4O3S. The molecule has 0 bridgehead atoms. The van der Waals surface area contributed by atoms with Crippen molar-refractivity contribution in [2.24, 2.45) is 7.05 Å². The predicted molar refractivity (Wildman–Crippen MR) is 117 cm³/mol. The first kappa shape index (κ1) is 21.5. The molecule has 0 aliphatic rings. The Labute approximate surface area is 185 Å². The summed E-state index contributed by atoms with van der Waals surface area (Å²) >= 11 is 10.7. The molecule has 0 aliphatic heterocycles. The minimum Gasteiger partial charge on any atom is -0.495 e. The van der Waals surface area contributed by atoms with Crippen LogP contribution in [0.25, 0.3) is 0 Å². The summed E-state index contributed by atoms with van der Waals surface area (Å²) in [5, 5.41) is 12.2. The number of amides is 1. The van der Waals surface area contributed by atoms with Gasteiger partial charge in [0.25, 0.3) is 0 Å². The summed E-state index contributed by atoms with van der Waals surface area (Å²) in [5.41, 5.74) is 0.521. The number of nitrogens with zero attached hydrogens (tertiary/aromatic N) is 3. The number of methoxy groups -OCH3 is 1. The highest BCUT2D eigenvalue weighted by molar-refractivity contribution is 9.10. The van der Waals surface area contributed by atoms with Gasteiger partial charge in [-0.25, -0.2) is 0 Å². The fraction of sp³-hybridized carbons (Fsp3) is 0.211. The van der Waals surface area contributed by atoms with Crippen molar-refractivity contribution in [2.45, 2.75) is 11.8 Å². The second-order valence-electron chi connectivity index (χ2n) is 5.88. The van der Waals surface area contributed by atoms with Gasteiger partial charge in [0, 0.05) is 16.5 Å². The maximum atomic E-state index is 12.3. The molecule has 1 N–H and O–H groups in total. The first-order chi connectivity index (χ1) is 14.0. The van der Waals surface area contributed by atoms with E-state index in [2.05, 4.69) is 31.4 Å². The maximum Gasteiger partial charge on any atom is 0.234 e. The second-order valence-corrected chi connectivity index (χ2v) is 8.18. The fourth-order valence-electron chi connectivity index (χ4n) is 2.37. The molecule has 10 heteroatoms. The molecule has 1 heterocycles. The molecular weight excluding hydrogens is 480 g/mol. The van der Waals surface area contributed by atoms with Gasteiger partial charge < -0.3 is 19.4 Å². The summed E-state index contributed by atoms with van der Waals surface area (Å²) in [6, 6.07) is 12.6. The SMILES string of the molecule is COc1ccc(Cl)cc1NC(=O)CSc1nnc(COc2ccc(Br)cc2)n1C. The van der Waals surface area contributed by atoms with Gasteiger partial charge in [-0.15, -0.1) is 10.2 Å². The van der Waals surface area contributed by atoms with Crippen LogP contribution >= 0.6 is 39.3 Å². The van der Waals surface area contributed by atoms with Crippen molar-refractivity contribution < 1.29 is 14.3 Å². The monoisotopic (exact) mass is 496 g/mol. The van der Waals surface area contributed by atoms with Crippen LogP contribution in [0.3, 0.4) is 0 Å². The van der Waals surface area contributed by atoms with Gasteiger partial charge in [-0.05, 0) is 42.5 Å². The number of aromatic nitrogens is 3. The number of carbonyl (C=O) groups is 1. The summed E-state index contributed by atoms with van der Waals surface area (Å²) in [6.45, 7) is 0.275. The summed E-state index contributed by atoms with van der Waals surface area (Å²) in [4.78, 5) is 12.3. The number of carbonyl (C=O) groups excluding carboxylic acids is 1. The van der Waals surface area contributed by atoms with Crippen LogP contribution in [0.4, 0.5) is 5.69 Å². The summed E-state index contributed by atoms with van der Waals surface area (Å²) in [6.07, 6.45) is 0. The van der Waals surface area contributed by atoms with Crippen molar-refractivity contribution in [1.82, 2.24) is 14.8 Å². The highest BCUT2D eigenvalue weighted by atomic mass is 79.9. The normalized spacial score (nSPS) is 10.6. The molecule has 0 atom stereocenters. The van der Waals surface area contributed by atoms with Gasteiger partial charge in [-0.2, -0.15) is 0 Å². The molecule has 2 aromatic carbocycles. The molecule has 0 fully saturated rings. The third-order valence-electron chi connectivity index (χ3n) is 3.87. The topological polar surface area (TPSA) is 78.3 Å². The van der Waals surface area contributed by atoms with Gasteiger partial charge in [-0.3, -0.25) is 4.79 Å². The van der Waals surface area contributed by atoms with Gasteiger partial charge in [0.15, 0.2) is 11.0 Å². The molecule has 0 unspecified atom stereocenters. The molecule has 152 valence electrons. The van der Waals surface area contributed by atoms with E-state index in [1.165, 1.54) is 18.9 Å². The van der Waals surface area contributed by atoms with Crippen LogP contribution in [-0.2, 0) is 18.4 Å². The minimum atomic E-state index is -0.203. The van der Waals surface area contributed by atoms with Gasteiger partial charge in [0.1, 0.15) is 18.1 Å². The number of benzene rings is 2. The lowest BCUT2D eigenvalue weighted by atomic mass is 10.3. The van der Waals surface area contributed by atoms with E-state index < -0.39 is 0 Å². The van der Waals surface area contributed by atoms with Crippen molar-refractivity contribution in [2.75, 3.05) is 18.2 Å². The van der Waals surface area contributed by atoms with E-state index in [0.29, 0.717) is 27.4 Å². The Morgan fingerprint density at radius 2 is 2.00 bits per heavy atom. The average molecular weight is 498 g/mol. The van der Waals surface area contributed by atoms with Crippen LogP contribution < -0.4 is 14.8 Å². The highest BCUT2D eigenvalue weighted by Crippen LogP contribution is 2.28. The third kappa shape index (κ3) is 5.88. The molecule has 0 radical (unpaired) electrons. The first-order valence-electron chi connectivity index (χ1n) is 8.49. The summed E-state index contributed by atoms with van der Waals surface area (Å²) in [7, 11) is 3.37. The van der Waals surface area contributed by atoms with Crippen molar-refractivity contribution in [3.8, 4) is 11.5 Å². The summed E-state index contributed by atoms with van der Waals surface area (Å²) < 4.78 is 13.7. The second kappa shape index (κ2) is 10.00. The molecule has 3 rings (SSSR count). The average Bonchev–Trinajstić information content (AvgIpc) is 3.06. The van der Waals surface area contributed by atoms with Crippen molar-refractivity contribution in [3.05, 3.63) is 57.8 Å². The smallest absolute Gasteiger partial charge is 0.234 e. The van der Waals surface area contributed by atoms with E-state index in [4.69, 9.17) is 21.1 Å². The zero-order valence-corrected chi connectivity index (χ0v) is 18.8. The lowest BCUT2D eigenvalue weighted by Gasteiger charge is -2.10. The minimum absolute atomic E-state index is 0.162. The Morgan fingerprint density at radius 1 is 1.24 bits per heavy atom. The molecule has 1 aromatic heterocycles. The Balaban J connectivity index is 1.55. The Hall–Kier alpha value is -2.23. The van der Waals surface area contributed by atoms with Gasteiger partial charge >= 0.3 is 0 Å². The zero-order chi connectivity index (χ0) is 20.8. The number of hydrogen-bond donors (Lipinski definition) is 1. The Kier molecular flexibility index (Phi) is 7.40. The van der Waals surface area contributed by atoms with E-state index in [-0.39, 0.29) is 18.3 Å². The maximum absolute atomic E-state index is 12.3. The van der Waals surface area contributed by atoms with Crippen molar-refractivity contribution in [1.29, 1.82) is 0 Å². The Morgan fingerprint density at radius 3 is 2.72 bits per heavy atom. The molecule has 1 amide bonds. The number of hydrogen-bond acceptors (Lipinski definition) is 6. The van der Waals surface area contributed by atoms with Crippen molar-refractivity contribution >= 4 is 50.9 Å².